The first-order valence-electron chi connectivity index (χ1n) is 12.2. The van der Waals surface area contributed by atoms with E-state index in [2.05, 4.69) is 28.6 Å². The van der Waals surface area contributed by atoms with Crippen LogP contribution in [0, 0.1) is 0 Å². The van der Waals surface area contributed by atoms with E-state index in [0.29, 0.717) is 38.8 Å². The fraction of sp³-hybridized carbons (Fsp3) is 0.276. The number of aryl methyl sites for hydroxylation is 1. The highest BCUT2D eigenvalue weighted by Crippen LogP contribution is 2.10. The van der Waals surface area contributed by atoms with Crippen molar-refractivity contribution < 1.29 is 14.4 Å². The van der Waals surface area contributed by atoms with E-state index in [1.54, 1.807) is 0 Å². The molecular weight excluding hydrogens is 470 g/mol. The van der Waals surface area contributed by atoms with Gasteiger partial charge < -0.3 is 16.0 Å². The third kappa shape index (κ3) is 9.23. The van der Waals surface area contributed by atoms with Crippen molar-refractivity contribution >= 4 is 30.4 Å². The Morgan fingerprint density at radius 3 is 1.39 bits per heavy atom. The van der Waals surface area contributed by atoms with Gasteiger partial charge in [-0.3, -0.25) is 14.4 Å². The molecule has 3 N–H and O–H groups in total. The summed E-state index contributed by atoms with van der Waals surface area (Å²) < 4.78 is 0. The van der Waals surface area contributed by atoms with Gasteiger partial charge in [0.1, 0.15) is 0 Å². The molecule has 0 aliphatic rings. The Morgan fingerprint density at radius 1 is 0.583 bits per heavy atom. The number of thiol groups is 1. The van der Waals surface area contributed by atoms with Crippen molar-refractivity contribution in [3.05, 3.63) is 108 Å². The Balaban J connectivity index is 1.56. The standard InChI is InChI=1S/C29H33N3O3S/c33-27(25(36)17-16-22-10-4-1-5-11-22)32-26(28(34)30-20-18-23-12-6-2-7-13-23)29(35)31-21-19-24-14-8-3-9-15-24/h1-15,25-26,36H,16-21H2,(H,30,34)(H,31,35)(H,32,33)/t25-/m1/s1. The van der Waals surface area contributed by atoms with Crippen LogP contribution >= 0.6 is 12.6 Å². The average molecular weight is 504 g/mol. The van der Waals surface area contributed by atoms with Gasteiger partial charge in [0.25, 0.3) is 11.8 Å². The molecule has 3 aromatic rings. The van der Waals surface area contributed by atoms with Gasteiger partial charge in [-0.1, -0.05) is 91.0 Å². The van der Waals surface area contributed by atoms with Gasteiger partial charge in [0, 0.05) is 13.1 Å². The van der Waals surface area contributed by atoms with E-state index in [9.17, 15) is 14.4 Å². The first-order chi connectivity index (χ1) is 17.5. The van der Waals surface area contributed by atoms with Crippen molar-refractivity contribution in [2.45, 2.75) is 37.0 Å². The van der Waals surface area contributed by atoms with Crippen molar-refractivity contribution in [2.75, 3.05) is 13.1 Å². The number of carbonyl (C=O) groups is 3. The minimum absolute atomic E-state index is 0.352. The number of nitrogens with one attached hydrogen (secondary N) is 3. The lowest BCUT2D eigenvalue weighted by atomic mass is 10.1. The van der Waals surface area contributed by atoms with Crippen LogP contribution in [-0.4, -0.2) is 42.1 Å². The van der Waals surface area contributed by atoms with E-state index < -0.39 is 29.0 Å². The summed E-state index contributed by atoms with van der Waals surface area (Å²) >= 11 is 4.43. The summed E-state index contributed by atoms with van der Waals surface area (Å²) in [6.45, 7) is 0.704. The second-order valence-corrected chi connectivity index (χ2v) is 9.16. The second kappa shape index (κ2) is 14.7. The predicted molar refractivity (Wildman–Crippen MR) is 146 cm³/mol. The van der Waals surface area contributed by atoms with Gasteiger partial charge in [-0.15, -0.1) is 0 Å². The summed E-state index contributed by atoms with van der Waals surface area (Å²) in [5, 5.41) is 7.53. The monoisotopic (exact) mass is 503 g/mol. The molecule has 6 nitrogen and oxygen atoms in total. The number of carbonyl (C=O) groups excluding carboxylic acids is 3. The first-order valence-corrected chi connectivity index (χ1v) is 12.7. The molecule has 0 saturated carbocycles. The smallest absolute Gasteiger partial charge is 0.252 e. The van der Waals surface area contributed by atoms with Crippen LogP contribution in [-0.2, 0) is 33.6 Å². The lowest BCUT2D eigenvalue weighted by Gasteiger charge is -2.20. The Labute approximate surface area is 218 Å². The number of rotatable bonds is 13. The maximum atomic E-state index is 12.9. The summed E-state index contributed by atoms with van der Waals surface area (Å²) in [4.78, 5) is 38.7. The molecule has 0 bridgehead atoms. The highest BCUT2D eigenvalue weighted by atomic mass is 32.1. The molecule has 0 heterocycles. The normalized spacial score (nSPS) is 11.5. The van der Waals surface area contributed by atoms with Crippen LogP contribution in [0.4, 0.5) is 0 Å². The Kier molecular flexibility index (Phi) is 11.1. The highest BCUT2D eigenvalue weighted by Gasteiger charge is 2.29. The van der Waals surface area contributed by atoms with Gasteiger partial charge in [0.2, 0.25) is 5.91 Å². The van der Waals surface area contributed by atoms with E-state index in [1.807, 2.05) is 91.0 Å². The number of hydrogen-bond acceptors (Lipinski definition) is 4. The zero-order valence-electron chi connectivity index (χ0n) is 20.2. The third-order valence-electron chi connectivity index (χ3n) is 5.77. The fourth-order valence-corrected chi connectivity index (χ4v) is 3.92. The van der Waals surface area contributed by atoms with Crippen LogP contribution in [0.25, 0.3) is 0 Å². The van der Waals surface area contributed by atoms with Crippen LogP contribution in [0.5, 0.6) is 0 Å². The average Bonchev–Trinajstić information content (AvgIpc) is 2.91. The zero-order chi connectivity index (χ0) is 25.6. The topological polar surface area (TPSA) is 87.3 Å². The Bertz CT molecular complexity index is 1040. The van der Waals surface area contributed by atoms with E-state index >= 15 is 0 Å². The molecule has 3 rings (SSSR count). The zero-order valence-corrected chi connectivity index (χ0v) is 21.1. The van der Waals surface area contributed by atoms with E-state index in [0.717, 1.165) is 16.7 Å². The number of benzene rings is 3. The predicted octanol–water partition coefficient (Wildman–Crippen LogP) is 3.12. The van der Waals surface area contributed by atoms with Crippen LogP contribution < -0.4 is 16.0 Å². The summed E-state index contributed by atoms with van der Waals surface area (Å²) in [5.74, 6) is -1.53. The van der Waals surface area contributed by atoms with Crippen molar-refractivity contribution in [1.29, 1.82) is 0 Å². The van der Waals surface area contributed by atoms with Gasteiger partial charge in [-0.2, -0.15) is 12.6 Å². The molecule has 0 spiro atoms. The van der Waals surface area contributed by atoms with Crippen molar-refractivity contribution in [2.24, 2.45) is 0 Å². The maximum absolute atomic E-state index is 12.9. The molecule has 0 aliphatic carbocycles. The molecule has 3 amide bonds. The van der Waals surface area contributed by atoms with Crippen LogP contribution in [0.3, 0.4) is 0 Å². The molecule has 36 heavy (non-hydrogen) atoms. The summed E-state index contributed by atoms with van der Waals surface area (Å²) in [5.41, 5.74) is 3.24. The van der Waals surface area contributed by atoms with E-state index in [1.165, 1.54) is 0 Å². The van der Waals surface area contributed by atoms with Gasteiger partial charge in [-0.05, 0) is 42.4 Å². The number of amides is 3. The largest absolute Gasteiger partial charge is 0.354 e. The Hall–Kier alpha value is -3.58. The highest BCUT2D eigenvalue weighted by molar-refractivity contribution is 7.81. The van der Waals surface area contributed by atoms with Crippen molar-refractivity contribution in [3.8, 4) is 0 Å². The molecule has 0 aliphatic heterocycles. The molecule has 3 aromatic carbocycles. The molecule has 0 radical (unpaired) electrons. The van der Waals surface area contributed by atoms with Crippen LogP contribution in [0.15, 0.2) is 91.0 Å². The number of hydrogen-bond donors (Lipinski definition) is 4. The maximum Gasteiger partial charge on any atom is 0.252 e. The molecule has 1 atom stereocenters. The fourth-order valence-electron chi connectivity index (χ4n) is 3.72. The van der Waals surface area contributed by atoms with Crippen LogP contribution in [0.1, 0.15) is 23.1 Å². The molecule has 0 fully saturated rings. The van der Waals surface area contributed by atoms with Gasteiger partial charge in [0.05, 0.1) is 5.25 Å². The molecular formula is C29H33N3O3S. The summed E-state index contributed by atoms with van der Waals surface area (Å²) in [6.07, 6.45) is 2.39. The third-order valence-corrected chi connectivity index (χ3v) is 6.27. The lowest BCUT2D eigenvalue weighted by molar-refractivity contribution is -0.136. The molecule has 188 valence electrons. The minimum Gasteiger partial charge on any atom is -0.354 e. The minimum atomic E-state index is -1.34. The van der Waals surface area contributed by atoms with Gasteiger partial charge >= 0.3 is 0 Å². The quantitative estimate of drug-likeness (QED) is 0.214. The second-order valence-electron chi connectivity index (χ2n) is 8.53. The molecule has 7 heteroatoms. The van der Waals surface area contributed by atoms with Gasteiger partial charge in [0.15, 0.2) is 6.04 Å². The van der Waals surface area contributed by atoms with Crippen molar-refractivity contribution in [1.82, 2.24) is 16.0 Å². The lowest BCUT2D eigenvalue weighted by Crippen LogP contribution is -2.57. The van der Waals surface area contributed by atoms with Crippen LogP contribution in [0.2, 0.25) is 0 Å². The SMILES string of the molecule is O=C(NCCc1ccccc1)C(NC(=O)[C@H](S)CCc1ccccc1)C(=O)NCCc1ccccc1. The molecule has 0 saturated heterocycles. The Morgan fingerprint density at radius 2 is 0.972 bits per heavy atom. The van der Waals surface area contributed by atoms with Gasteiger partial charge in [-0.25, -0.2) is 0 Å². The van der Waals surface area contributed by atoms with Crippen molar-refractivity contribution in [3.63, 3.8) is 0 Å². The van der Waals surface area contributed by atoms with E-state index in [-0.39, 0.29) is 0 Å². The van der Waals surface area contributed by atoms with E-state index in [4.69, 9.17) is 0 Å². The summed E-state index contributed by atoms with van der Waals surface area (Å²) in [6, 6.07) is 27.9. The molecule has 0 unspecified atom stereocenters. The molecule has 0 aromatic heterocycles. The summed E-state index contributed by atoms with van der Waals surface area (Å²) in [7, 11) is 0. The first kappa shape index (κ1) is 27.0.